The summed E-state index contributed by atoms with van der Waals surface area (Å²) in [4.78, 5) is 0. The van der Waals surface area contributed by atoms with E-state index in [1.54, 1.807) is 0 Å². The number of hydrogen-bond donors (Lipinski definition) is 1. The van der Waals surface area contributed by atoms with E-state index in [4.69, 9.17) is 0 Å². The van der Waals surface area contributed by atoms with Crippen LogP contribution in [0.15, 0.2) is 18.2 Å². The van der Waals surface area contributed by atoms with Crippen LogP contribution in [0.3, 0.4) is 0 Å². The van der Waals surface area contributed by atoms with Gasteiger partial charge in [-0.15, -0.1) is 0 Å². The van der Waals surface area contributed by atoms with Crippen LogP contribution in [0.4, 0.5) is 0 Å². The van der Waals surface area contributed by atoms with E-state index in [0.29, 0.717) is 6.04 Å². The number of thioether (sulfide) groups is 1. The van der Waals surface area contributed by atoms with Crippen LogP contribution in [-0.4, -0.2) is 18.6 Å². The number of benzene rings is 1. The molecule has 1 unspecified atom stereocenters. The molecule has 1 fully saturated rings. The summed E-state index contributed by atoms with van der Waals surface area (Å²) >= 11 is 2.11. The zero-order valence-corrected chi connectivity index (χ0v) is 12.6. The fourth-order valence-electron chi connectivity index (χ4n) is 2.93. The first-order valence-electron chi connectivity index (χ1n) is 7.03. The van der Waals surface area contributed by atoms with Gasteiger partial charge in [0.2, 0.25) is 0 Å². The average molecular weight is 263 g/mol. The second kappa shape index (κ2) is 6.63. The summed E-state index contributed by atoms with van der Waals surface area (Å²) in [6.45, 7) is 4.41. The molecule has 2 rings (SSSR count). The van der Waals surface area contributed by atoms with Crippen LogP contribution in [0, 0.1) is 19.8 Å². The summed E-state index contributed by atoms with van der Waals surface area (Å²) in [6.07, 6.45) is 4.09. The Balaban J connectivity index is 2.07. The van der Waals surface area contributed by atoms with E-state index >= 15 is 0 Å². The van der Waals surface area contributed by atoms with E-state index in [-0.39, 0.29) is 0 Å². The maximum atomic E-state index is 3.52. The molecular weight excluding hydrogens is 238 g/mol. The Morgan fingerprint density at radius 3 is 2.61 bits per heavy atom. The fourth-order valence-corrected chi connectivity index (χ4v) is 4.14. The predicted molar refractivity (Wildman–Crippen MR) is 82.4 cm³/mol. The Morgan fingerprint density at radius 1 is 1.28 bits per heavy atom. The van der Waals surface area contributed by atoms with Gasteiger partial charge in [0.15, 0.2) is 0 Å². The van der Waals surface area contributed by atoms with Gasteiger partial charge in [-0.25, -0.2) is 0 Å². The molecule has 0 aromatic heterocycles. The molecule has 0 bridgehead atoms. The first kappa shape index (κ1) is 14.0. The Morgan fingerprint density at radius 2 is 2.00 bits per heavy atom. The molecule has 0 amide bonds. The monoisotopic (exact) mass is 263 g/mol. The molecule has 1 aromatic rings. The van der Waals surface area contributed by atoms with E-state index in [1.165, 1.54) is 47.5 Å². The Labute approximate surface area is 116 Å². The summed E-state index contributed by atoms with van der Waals surface area (Å²) in [6, 6.07) is 7.38. The molecule has 100 valence electrons. The highest BCUT2D eigenvalue weighted by Gasteiger charge is 2.20. The highest BCUT2D eigenvalue weighted by molar-refractivity contribution is 7.99. The lowest BCUT2D eigenvalue weighted by atomic mass is 9.88. The van der Waals surface area contributed by atoms with Gasteiger partial charge in [-0.3, -0.25) is 0 Å². The second-order valence-corrected chi connectivity index (χ2v) is 6.72. The van der Waals surface area contributed by atoms with Gasteiger partial charge in [0.1, 0.15) is 0 Å². The van der Waals surface area contributed by atoms with Gasteiger partial charge in [0, 0.05) is 6.04 Å². The maximum Gasteiger partial charge on any atom is 0.0322 e. The molecule has 1 atom stereocenters. The van der Waals surface area contributed by atoms with E-state index < -0.39 is 0 Å². The van der Waals surface area contributed by atoms with Crippen molar-refractivity contribution in [1.29, 1.82) is 0 Å². The lowest BCUT2D eigenvalue weighted by molar-refractivity contribution is 0.383. The van der Waals surface area contributed by atoms with Crippen molar-refractivity contribution >= 4 is 11.8 Å². The van der Waals surface area contributed by atoms with E-state index in [1.807, 2.05) is 0 Å². The quantitative estimate of drug-likeness (QED) is 0.878. The topological polar surface area (TPSA) is 12.0 Å². The second-order valence-electron chi connectivity index (χ2n) is 5.49. The summed E-state index contributed by atoms with van der Waals surface area (Å²) in [5.41, 5.74) is 4.28. The molecule has 0 radical (unpaired) electrons. The SMILES string of the molecule is CNC(CC1CCSCC1)c1ccc(C)cc1C. The molecular formula is C16H25NS. The first-order valence-corrected chi connectivity index (χ1v) is 8.18. The normalized spacial score (nSPS) is 18.8. The molecule has 1 saturated heterocycles. The lowest BCUT2D eigenvalue weighted by Gasteiger charge is -2.27. The Hall–Kier alpha value is -0.470. The average Bonchev–Trinajstić information content (AvgIpc) is 2.38. The predicted octanol–water partition coefficient (Wildman–Crippen LogP) is 4.10. The van der Waals surface area contributed by atoms with Gasteiger partial charge in [-0.05, 0) is 68.7 Å². The molecule has 1 aliphatic rings. The molecule has 1 N–H and O–H groups in total. The van der Waals surface area contributed by atoms with Crippen molar-refractivity contribution in [2.24, 2.45) is 5.92 Å². The molecule has 1 aliphatic heterocycles. The van der Waals surface area contributed by atoms with Gasteiger partial charge in [-0.1, -0.05) is 23.8 Å². The highest BCUT2D eigenvalue weighted by atomic mass is 32.2. The van der Waals surface area contributed by atoms with Crippen molar-refractivity contribution in [2.45, 2.75) is 39.2 Å². The molecule has 0 saturated carbocycles. The standard InChI is InChI=1S/C16H25NS/c1-12-4-5-15(13(2)10-12)16(17-3)11-14-6-8-18-9-7-14/h4-5,10,14,16-17H,6-9,11H2,1-3H3. The minimum absolute atomic E-state index is 0.527. The fraction of sp³-hybridized carbons (Fsp3) is 0.625. The number of aryl methyl sites for hydroxylation is 2. The van der Waals surface area contributed by atoms with Crippen LogP contribution in [-0.2, 0) is 0 Å². The van der Waals surface area contributed by atoms with Gasteiger partial charge in [-0.2, -0.15) is 11.8 Å². The van der Waals surface area contributed by atoms with E-state index in [2.05, 4.69) is 56.2 Å². The summed E-state index contributed by atoms with van der Waals surface area (Å²) in [5.74, 6) is 3.62. The van der Waals surface area contributed by atoms with Crippen LogP contribution in [0.25, 0.3) is 0 Å². The van der Waals surface area contributed by atoms with Crippen molar-refractivity contribution in [3.8, 4) is 0 Å². The zero-order chi connectivity index (χ0) is 13.0. The molecule has 1 nitrogen and oxygen atoms in total. The largest absolute Gasteiger partial charge is 0.313 e. The summed E-state index contributed by atoms with van der Waals surface area (Å²) < 4.78 is 0. The molecule has 18 heavy (non-hydrogen) atoms. The van der Waals surface area contributed by atoms with Crippen LogP contribution < -0.4 is 5.32 Å². The Bertz CT molecular complexity index is 383. The minimum atomic E-state index is 0.527. The smallest absolute Gasteiger partial charge is 0.0322 e. The lowest BCUT2D eigenvalue weighted by Crippen LogP contribution is -2.22. The molecule has 0 aliphatic carbocycles. The van der Waals surface area contributed by atoms with Crippen LogP contribution in [0.2, 0.25) is 0 Å². The van der Waals surface area contributed by atoms with Crippen LogP contribution >= 0.6 is 11.8 Å². The van der Waals surface area contributed by atoms with Gasteiger partial charge >= 0.3 is 0 Å². The molecule has 0 spiro atoms. The van der Waals surface area contributed by atoms with Crippen molar-refractivity contribution in [2.75, 3.05) is 18.6 Å². The van der Waals surface area contributed by atoms with Gasteiger partial charge in [0.25, 0.3) is 0 Å². The highest BCUT2D eigenvalue weighted by Crippen LogP contribution is 2.32. The Kier molecular flexibility index (Phi) is 5.13. The molecule has 1 aromatic carbocycles. The number of rotatable bonds is 4. The van der Waals surface area contributed by atoms with Crippen molar-refractivity contribution < 1.29 is 0 Å². The summed E-state index contributed by atoms with van der Waals surface area (Å²) in [7, 11) is 2.10. The van der Waals surface area contributed by atoms with E-state index in [0.717, 1.165) is 5.92 Å². The van der Waals surface area contributed by atoms with Crippen LogP contribution in [0.5, 0.6) is 0 Å². The summed E-state index contributed by atoms with van der Waals surface area (Å²) in [5, 5.41) is 3.52. The van der Waals surface area contributed by atoms with Crippen LogP contribution in [0.1, 0.15) is 42.0 Å². The van der Waals surface area contributed by atoms with Crippen molar-refractivity contribution in [3.05, 3.63) is 34.9 Å². The van der Waals surface area contributed by atoms with Gasteiger partial charge < -0.3 is 5.32 Å². The van der Waals surface area contributed by atoms with Gasteiger partial charge in [0.05, 0.1) is 0 Å². The first-order chi connectivity index (χ1) is 8.70. The molecule has 1 heterocycles. The van der Waals surface area contributed by atoms with Crippen molar-refractivity contribution in [3.63, 3.8) is 0 Å². The zero-order valence-electron chi connectivity index (χ0n) is 11.8. The molecule has 2 heteroatoms. The minimum Gasteiger partial charge on any atom is -0.313 e. The number of nitrogens with one attached hydrogen (secondary N) is 1. The number of hydrogen-bond acceptors (Lipinski definition) is 2. The van der Waals surface area contributed by atoms with E-state index in [9.17, 15) is 0 Å². The third-order valence-electron chi connectivity index (χ3n) is 4.06. The maximum absolute atomic E-state index is 3.52. The van der Waals surface area contributed by atoms with Crippen molar-refractivity contribution in [1.82, 2.24) is 5.32 Å². The third kappa shape index (κ3) is 3.52. The third-order valence-corrected chi connectivity index (χ3v) is 5.11.